The highest BCUT2D eigenvalue weighted by Crippen LogP contribution is 2.36. The maximum Gasteiger partial charge on any atom is 0.275 e. The van der Waals surface area contributed by atoms with Crippen molar-refractivity contribution in [1.29, 1.82) is 0 Å². The van der Waals surface area contributed by atoms with E-state index in [0.29, 0.717) is 17.9 Å². The van der Waals surface area contributed by atoms with Gasteiger partial charge in [0.2, 0.25) is 5.43 Å². The lowest BCUT2D eigenvalue weighted by atomic mass is 10.1. The van der Waals surface area contributed by atoms with Crippen LogP contribution in [0.15, 0.2) is 23.1 Å². The van der Waals surface area contributed by atoms with Crippen molar-refractivity contribution in [3.63, 3.8) is 0 Å². The minimum Gasteiger partial charge on any atom is -0.503 e. The topological polar surface area (TPSA) is 91.6 Å². The number of carbonyl (C=O) groups excluding carboxylic acids is 2. The van der Waals surface area contributed by atoms with Gasteiger partial charge in [0.1, 0.15) is 23.0 Å². The standard InChI is InChI=1S/C19H16F3N3O4S/c1-8-7-30-14-6-24-5-11(16(26)17(27)15(24)19(29)25(8)14)18(28)23-4-10-12(21)2-9(20)3-13(10)22/h2-3,5,8,14,27H,4,6-7H2,1H3,(H,23,28)/t8-,14?/m1/s1. The molecule has 30 heavy (non-hydrogen) atoms. The van der Waals surface area contributed by atoms with Crippen LogP contribution in [-0.4, -0.2) is 43.6 Å². The average Bonchev–Trinajstić information content (AvgIpc) is 3.04. The number of rotatable bonds is 3. The van der Waals surface area contributed by atoms with Gasteiger partial charge < -0.3 is 19.9 Å². The molecule has 0 spiro atoms. The first-order chi connectivity index (χ1) is 14.2. The number of amides is 2. The van der Waals surface area contributed by atoms with E-state index < -0.39 is 58.1 Å². The van der Waals surface area contributed by atoms with E-state index in [2.05, 4.69) is 5.32 Å². The van der Waals surface area contributed by atoms with Gasteiger partial charge in [0.25, 0.3) is 11.8 Å². The number of carbonyl (C=O) groups is 2. The number of benzene rings is 1. The second-order valence-electron chi connectivity index (χ2n) is 7.10. The largest absolute Gasteiger partial charge is 0.503 e. The predicted molar refractivity (Wildman–Crippen MR) is 102 cm³/mol. The number of hydrogen-bond donors (Lipinski definition) is 2. The molecule has 2 atom stereocenters. The molecule has 158 valence electrons. The summed E-state index contributed by atoms with van der Waals surface area (Å²) in [5, 5.41) is 12.3. The van der Waals surface area contributed by atoms with Crippen LogP contribution in [0.4, 0.5) is 13.2 Å². The number of aromatic nitrogens is 1. The SMILES string of the molecule is C[C@@H]1CSC2Cn3cc(C(=O)NCc4c(F)cc(F)cc4F)c(=O)c(O)c3C(=O)N21. The lowest BCUT2D eigenvalue weighted by Gasteiger charge is -2.34. The smallest absolute Gasteiger partial charge is 0.275 e. The van der Waals surface area contributed by atoms with E-state index in [9.17, 15) is 32.7 Å². The zero-order valence-corrected chi connectivity index (χ0v) is 16.4. The quantitative estimate of drug-likeness (QED) is 0.762. The van der Waals surface area contributed by atoms with Crippen molar-refractivity contribution in [2.75, 3.05) is 5.75 Å². The van der Waals surface area contributed by atoms with Gasteiger partial charge >= 0.3 is 0 Å². The monoisotopic (exact) mass is 439 g/mol. The minimum absolute atomic E-state index is 0.0563. The van der Waals surface area contributed by atoms with E-state index in [4.69, 9.17) is 0 Å². The van der Waals surface area contributed by atoms with Crippen LogP contribution in [0.5, 0.6) is 5.75 Å². The minimum atomic E-state index is -1.18. The van der Waals surface area contributed by atoms with Crippen LogP contribution in [-0.2, 0) is 13.1 Å². The number of hydrogen-bond acceptors (Lipinski definition) is 5. The Kier molecular flexibility index (Phi) is 5.00. The molecule has 11 heteroatoms. The highest BCUT2D eigenvalue weighted by atomic mass is 32.2. The summed E-state index contributed by atoms with van der Waals surface area (Å²) in [7, 11) is 0. The van der Waals surface area contributed by atoms with E-state index in [0.717, 1.165) is 6.20 Å². The lowest BCUT2D eigenvalue weighted by molar-refractivity contribution is 0.0634. The number of aromatic hydroxyl groups is 1. The summed E-state index contributed by atoms with van der Waals surface area (Å²) >= 11 is 1.55. The fourth-order valence-corrected chi connectivity index (χ4v) is 5.03. The Morgan fingerprint density at radius 3 is 2.60 bits per heavy atom. The molecule has 1 fully saturated rings. The van der Waals surface area contributed by atoms with Crippen molar-refractivity contribution < 1.29 is 27.9 Å². The van der Waals surface area contributed by atoms with Crippen molar-refractivity contribution >= 4 is 23.6 Å². The van der Waals surface area contributed by atoms with Gasteiger partial charge in [0.15, 0.2) is 11.4 Å². The van der Waals surface area contributed by atoms with Crippen molar-refractivity contribution in [1.82, 2.24) is 14.8 Å². The molecule has 0 aliphatic carbocycles. The van der Waals surface area contributed by atoms with Gasteiger partial charge in [-0.2, -0.15) is 0 Å². The molecule has 2 amide bonds. The van der Waals surface area contributed by atoms with Crippen LogP contribution >= 0.6 is 11.8 Å². The molecule has 0 saturated carbocycles. The fraction of sp³-hybridized carbons (Fsp3) is 0.316. The molecular weight excluding hydrogens is 423 g/mol. The van der Waals surface area contributed by atoms with E-state index in [1.807, 2.05) is 6.92 Å². The first-order valence-corrected chi connectivity index (χ1v) is 10.1. The molecule has 0 radical (unpaired) electrons. The molecule has 1 saturated heterocycles. The molecule has 1 aromatic carbocycles. The summed E-state index contributed by atoms with van der Waals surface area (Å²) in [6.07, 6.45) is 1.16. The maximum atomic E-state index is 13.8. The van der Waals surface area contributed by atoms with Gasteiger partial charge in [0.05, 0.1) is 11.9 Å². The number of fused-ring (bicyclic) bond motifs is 2. The Labute approximate surface area is 172 Å². The van der Waals surface area contributed by atoms with Crippen LogP contribution in [0.1, 0.15) is 33.3 Å². The third kappa shape index (κ3) is 3.22. The number of nitrogens with zero attached hydrogens (tertiary/aromatic N) is 2. The van der Waals surface area contributed by atoms with Gasteiger partial charge in [0, 0.05) is 42.2 Å². The molecule has 2 N–H and O–H groups in total. The second kappa shape index (κ2) is 7.38. The zero-order valence-electron chi connectivity index (χ0n) is 15.6. The number of pyridine rings is 1. The molecule has 0 bridgehead atoms. The Balaban J connectivity index is 1.63. The third-order valence-electron chi connectivity index (χ3n) is 5.14. The number of halogens is 3. The van der Waals surface area contributed by atoms with E-state index >= 15 is 0 Å². The normalized spacial score (nSPS) is 20.1. The van der Waals surface area contributed by atoms with Gasteiger partial charge in [-0.25, -0.2) is 13.2 Å². The molecule has 2 aromatic rings. The summed E-state index contributed by atoms with van der Waals surface area (Å²) in [5.41, 5.74) is -2.31. The van der Waals surface area contributed by atoms with Crippen molar-refractivity contribution in [2.45, 2.75) is 31.4 Å². The Morgan fingerprint density at radius 1 is 1.27 bits per heavy atom. The molecule has 1 unspecified atom stereocenters. The maximum absolute atomic E-state index is 13.8. The molecule has 1 aromatic heterocycles. The molecule has 2 aliphatic heterocycles. The van der Waals surface area contributed by atoms with Crippen molar-refractivity contribution in [3.8, 4) is 5.75 Å². The fourth-order valence-electron chi connectivity index (χ4n) is 3.64. The van der Waals surface area contributed by atoms with Gasteiger partial charge in [-0.05, 0) is 6.92 Å². The van der Waals surface area contributed by atoms with Crippen LogP contribution in [0.3, 0.4) is 0 Å². The molecule has 4 rings (SSSR count). The van der Waals surface area contributed by atoms with E-state index in [1.165, 1.54) is 4.57 Å². The predicted octanol–water partition coefficient (Wildman–Crippen LogP) is 1.82. The number of thioether (sulfide) groups is 1. The van der Waals surface area contributed by atoms with Gasteiger partial charge in [-0.3, -0.25) is 14.4 Å². The van der Waals surface area contributed by atoms with Crippen LogP contribution in [0.25, 0.3) is 0 Å². The number of nitrogens with one attached hydrogen (secondary N) is 1. The lowest BCUT2D eigenvalue weighted by Crippen LogP contribution is -2.48. The van der Waals surface area contributed by atoms with Crippen LogP contribution < -0.4 is 10.7 Å². The molecular formula is C19H16F3N3O4S. The van der Waals surface area contributed by atoms with Gasteiger partial charge in [-0.1, -0.05) is 0 Å². The van der Waals surface area contributed by atoms with E-state index in [1.54, 1.807) is 16.7 Å². The first kappa shape index (κ1) is 20.3. The molecule has 7 nitrogen and oxygen atoms in total. The highest BCUT2D eigenvalue weighted by Gasteiger charge is 2.42. The van der Waals surface area contributed by atoms with E-state index in [-0.39, 0.29) is 23.7 Å². The average molecular weight is 439 g/mol. The Hall–Kier alpha value is -2.95. The summed E-state index contributed by atoms with van der Waals surface area (Å²) in [4.78, 5) is 39.3. The molecule has 2 aliphatic rings. The van der Waals surface area contributed by atoms with Crippen molar-refractivity contribution in [2.24, 2.45) is 0 Å². The second-order valence-corrected chi connectivity index (χ2v) is 8.31. The Morgan fingerprint density at radius 2 is 1.93 bits per heavy atom. The molecule has 3 heterocycles. The third-order valence-corrected chi connectivity index (χ3v) is 6.57. The summed E-state index contributed by atoms with van der Waals surface area (Å²) in [6.45, 7) is 1.50. The van der Waals surface area contributed by atoms with Crippen LogP contribution in [0.2, 0.25) is 0 Å². The van der Waals surface area contributed by atoms with Crippen molar-refractivity contribution in [3.05, 3.63) is 62.8 Å². The first-order valence-electron chi connectivity index (χ1n) is 9.01. The zero-order chi connectivity index (χ0) is 21.7. The van der Waals surface area contributed by atoms with Gasteiger partial charge in [-0.15, -0.1) is 11.8 Å². The summed E-state index contributed by atoms with van der Waals surface area (Å²) < 4.78 is 41.9. The summed E-state index contributed by atoms with van der Waals surface area (Å²) in [5.74, 6) is -5.10. The van der Waals surface area contributed by atoms with Crippen LogP contribution in [0, 0.1) is 17.5 Å². The Bertz CT molecular complexity index is 1110. The summed E-state index contributed by atoms with van der Waals surface area (Å²) in [6, 6.07) is 0.892. The highest BCUT2D eigenvalue weighted by molar-refractivity contribution is 8.00.